The molecule has 0 aromatic heterocycles. The molecule has 0 bridgehead atoms. The average molecular weight is 504 g/mol. The Bertz CT molecular complexity index is 1050. The maximum absolute atomic E-state index is 13.2. The average Bonchev–Trinajstić information content (AvgIpc) is 3.29. The summed E-state index contributed by atoms with van der Waals surface area (Å²) in [4.78, 5) is 24.7. The van der Waals surface area contributed by atoms with Crippen molar-refractivity contribution < 1.29 is 38.3 Å². The molecule has 36 heavy (non-hydrogen) atoms. The SMILES string of the molecule is COCC1CCCN1N/C=C/c1ccc(C(=O)NC(CCSC)C(=O)[O-])c(-c2ccccc2C)c1.[Li+]. The molecule has 0 aliphatic carbocycles. The van der Waals surface area contributed by atoms with Crippen LogP contribution in [0, 0.1) is 6.92 Å². The zero-order valence-electron chi connectivity index (χ0n) is 21.6. The maximum Gasteiger partial charge on any atom is 1.00 e. The summed E-state index contributed by atoms with van der Waals surface area (Å²) in [5.74, 6) is -1.08. The summed E-state index contributed by atoms with van der Waals surface area (Å²) in [5.41, 5.74) is 7.41. The van der Waals surface area contributed by atoms with E-state index in [-0.39, 0.29) is 18.9 Å². The van der Waals surface area contributed by atoms with Crippen LogP contribution in [-0.2, 0) is 9.53 Å². The molecule has 7 nitrogen and oxygen atoms in total. The van der Waals surface area contributed by atoms with E-state index in [1.165, 1.54) is 11.8 Å². The predicted molar refractivity (Wildman–Crippen MR) is 140 cm³/mol. The number of amides is 1. The number of nitrogens with one attached hydrogen (secondary N) is 2. The zero-order valence-corrected chi connectivity index (χ0v) is 22.4. The molecule has 2 atom stereocenters. The first-order chi connectivity index (χ1) is 16.9. The van der Waals surface area contributed by atoms with Gasteiger partial charge in [-0.1, -0.05) is 30.3 Å². The van der Waals surface area contributed by atoms with E-state index in [9.17, 15) is 14.7 Å². The van der Waals surface area contributed by atoms with Crippen molar-refractivity contribution in [1.29, 1.82) is 0 Å². The standard InChI is InChI=1S/C27H35N3O4S.Li/c1-19-7-4-5-9-22(19)24-17-20(12-14-28-30-15-6-8-21(30)18-34-2)10-11-23(24)26(31)29-25(27(32)33)13-16-35-3;/h4-5,7,9-12,14,17,21,25,28H,6,8,13,15-16,18H2,1-3H3,(H,29,31)(H,32,33);/q;+1/p-1/b14-12+;. The molecule has 2 aromatic rings. The minimum atomic E-state index is -1.27. The van der Waals surface area contributed by atoms with E-state index in [4.69, 9.17) is 4.74 Å². The van der Waals surface area contributed by atoms with Gasteiger partial charge in [0.2, 0.25) is 0 Å². The van der Waals surface area contributed by atoms with E-state index in [0.29, 0.717) is 30.4 Å². The summed E-state index contributed by atoms with van der Waals surface area (Å²) in [7, 11) is 1.72. The van der Waals surface area contributed by atoms with Crippen LogP contribution in [0.25, 0.3) is 17.2 Å². The largest absolute Gasteiger partial charge is 1.00 e. The van der Waals surface area contributed by atoms with Crippen LogP contribution in [0.4, 0.5) is 0 Å². The van der Waals surface area contributed by atoms with E-state index in [2.05, 4.69) is 15.8 Å². The molecule has 1 amide bonds. The fraction of sp³-hybridized carbons (Fsp3) is 0.407. The summed E-state index contributed by atoms with van der Waals surface area (Å²) in [6.07, 6.45) is 8.29. The summed E-state index contributed by atoms with van der Waals surface area (Å²) < 4.78 is 5.31. The molecule has 1 heterocycles. The monoisotopic (exact) mass is 503 g/mol. The number of hydrogen-bond donors (Lipinski definition) is 2. The van der Waals surface area contributed by atoms with E-state index in [0.717, 1.165) is 41.6 Å². The number of nitrogens with zero attached hydrogens (tertiary/aromatic N) is 1. The summed E-state index contributed by atoms with van der Waals surface area (Å²) in [5, 5.41) is 16.4. The number of carbonyl (C=O) groups excluding carboxylic acids is 2. The zero-order chi connectivity index (χ0) is 25.2. The number of benzene rings is 2. The first-order valence-electron chi connectivity index (χ1n) is 11.8. The molecule has 1 fully saturated rings. The molecule has 2 unspecified atom stereocenters. The van der Waals surface area contributed by atoms with Gasteiger partial charge in [0.15, 0.2) is 0 Å². The third-order valence-corrected chi connectivity index (χ3v) is 6.82. The molecule has 9 heteroatoms. The number of thioether (sulfide) groups is 1. The van der Waals surface area contributed by atoms with Crippen molar-refractivity contribution in [3.63, 3.8) is 0 Å². The number of aliphatic carboxylic acids is 1. The molecular weight excluding hydrogens is 469 g/mol. The molecule has 1 saturated heterocycles. The Morgan fingerprint density at radius 1 is 1.25 bits per heavy atom. The van der Waals surface area contributed by atoms with Crippen molar-refractivity contribution in [3.05, 3.63) is 65.4 Å². The van der Waals surface area contributed by atoms with Crippen LogP contribution >= 0.6 is 11.8 Å². The van der Waals surface area contributed by atoms with Crippen molar-refractivity contribution in [1.82, 2.24) is 15.8 Å². The van der Waals surface area contributed by atoms with Gasteiger partial charge in [-0.25, -0.2) is 5.01 Å². The van der Waals surface area contributed by atoms with Crippen LogP contribution in [0.5, 0.6) is 0 Å². The predicted octanol–water partition coefficient (Wildman–Crippen LogP) is -0.146. The van der Waals surface area contributed by atoms with Gasteiger partial charge in [-0.15, -0.1) is 0 Å². The number of rotatable bonds is 12. The van der Waals surface area contributed by atoms with E-state index in [1.54, 1.807) is 13.2 Å². The van der Waals surface area contributed by atoms with Gasteiger partial charge in [0.25, 0.3) is 5.91 Å². The molecule has 2 N–H and O–H groups in total. The minimum Gasteiger partial charge on any atom is -0.548 e. The smallest absolute Gasteiger partial charge is 0.548 e. The van der Waals surface area contributed by atoms with Crippen LogP contribution in [0.1, 0.15) is 40.7 Å². The second kappa shape index (κ2) is 15.1. The Kier molecular flexibility index (Phi) is 12.6. The number of hydrogen-bond acceptors (Lipinski definition) is 7. The van der Waals surface area contributed by atoms with Gasteiger partial charge in [0, 0.05) is 25.4 Å². The quantitative estimate of drug-likeness (QED) is 0.389. The van der Waals surface area contributed by atoms with Crippen LogP contribution in [0.15, 0.2) is 48.7 Å². The topological polar surface area (TPSA) is 93.7 Å². The number of methoxy groups -OCH3 is 1. The number of ether oxygens (including phenoxy) is 1. The molecule has 1 aliphatic heterocycles. The molecule has 3 rings (SSSR count). The summed E-state index contributed by atoms with van der Waals surface area (Å²) in [6.45, 7) is 3.64. The van der Waals surface area contributed by atoms with Crippen LogP contribution in [-0.4, -0.2) is 61.2 Å². The van der Waals surface area contributed by atoms with Crippen molar-refractivity contribution in [3.8, 4) is 11.1 Å². The van der Waals surface area contributed by atoms with Crippen LogP contribution < -0.4 is 34.7 Å². The van der Waals surface area contributed by atoms with Crippen LogP contribution in [0.2, 0.25) is 0 Å². The Hall–Kier alpha value is -2.21. The minimum absolute atomic E-state index is 0. The van der Waals surface area contributed by atoms with E-state index in [1.807, 2.05) is 61.9 Å². The van der Waals surface area contributed by atoms with Gasteiger partial charge in [-0.3, -0.25) is 4.79 Å². The van der Waals surface area contributed by atoms with Gasteiger partial charge in [-0.05, 0) is 78.7 Å². The molecule has 0 saturated carbocycles. The Morgan fingerprint density at radius 2 is 2.03 bits per heavy atom. The fourth-order valence-electron chi connectivity index (χ4n) is 4.28. The van der Waals surface area contributed by atoms with Crippen molar-refractivity contribution in [2.45, 2.75) is 38.3 Å². The Balaban J connectivity index is 0.00000456. The van der Waals surface area contributed by atoms with Gasteiger partial charge < -0.3 is 25.4 Å². The first kappa shape index (κ1) is 30.0. The molecule has 0 radical (unpaired) electrons. The number of aryl methyl sites for hydroxylation is 1. The van der Waals surface area contributed by atoms with Gasteiger partial charge in [0.1, 0.15) is 0 Å². The van der Waals surface area contributed by atoms with Crippen molar-refractivity contribution in [2.24, 2.45) is 0 Å². The Labute approximate surface area is 230 Å². The molecule has 2 aromatic carbocycles. The number of carboxylic acids is 1. The Morgan fingerprint density at radius 3 is 2.72 bits per heavy atom. The molecular formula is C27H34LiN3O4S. The third-order valence-electron chi connectivity index (χ3n) is 6.18. The molecule has 0 spiro atoms. The summed E-state index contributed by atoms with van der Waals surface area (Å²) >= 11 is 1.53. The van der Waals surface area contributed by atoms with Gasteiger partial charge in [-0.2, -0.15) is 11.8 Å². The fourth-order valence-corrected chi connectivity index (χ4v) is 4.75. The van der Waals surface area contributed by atoms with E-state index >= 15 is 0 Å². The second-order valence-electron chi connectivity index (χ2n) is 8.65. The van der Waals surface area contributed by atoms with Crippen molar-refractivity contribution in [2.75, 3.05) is 32.3 Å². The van der Waals surface area contributed by atoms with Gasteiger partial charge >= 0.3 is 18.9 Å². The maximum atomic E-state index is 13.2. The number of carbonyl (C=O) groups is 2. The van der Waals surface area contributed by atoms with Crippen molar-refractivity contribution >= 4 is 29.7 Å². The third kappa shape index (κ3) is 8.15. The van der Waals surface area contributed by atoms with Crippen LogP contribution in [0.3, 0.4) is 0 Å². The normalized spacial score (nSPS) is 16.5. The van der Waals surface area contributed by atoms with Gasteiger partial charge in [0.05, 0.1) is 24.7 Å². The number of carboxylic acid groups (broad SMARTS) is 1. The molecule has 188 valence electrons. The second-order valence-corrected chi connectivity index (χ2v) is 9.64. The molecule has 1 aliphatic rings. The summed E-state index contributed by atoms with van der Waals surface area (Å²) in [6, 6.07) is 12.7. The first-order valence-corrected chi connectivity index (χ1v) is 13.2. The van der Waals surface area contributed by atoms with E-state index < -0.39 is 17.9 Å². The number of hydrazine groups is 1.